The molecule has 0 spiro atoms. The number of rotatable bonds is 8. The summed E-state index contributed by atoms with van der Waals surface area (Å²) in [5.74, 6) is 0. The highest BCUT2D eigenvalue weighted by Gasteiger charge is 1.96. The Kier molecular flexibility index (Phi) is 6.96. The molecule has 86 valence electrons. The van der Waals surface area contributed by atoms with Crippen molar-refractivity contribution < 1.29 is 9.84 Å². The Bertz CT molecular complexity index is 268. The van der Waals surface area contributed by atoms with Gasteiger partial charge in [-0.2, -0.15) is 0 Å². The van der Waals surface area contributed by atoms with E-state index in [9.17, 15) is 0 Å². The van der Waals surface area contributed by atoms with E-state index in [1.54, 1.807) is 11.3 Å². The van der Waals surface area contributed by atoms with Crippen LogP contribution in [-0.4, -0.2) is 31.5 Å². The molecule has 2 N–H and O–H groups in total. The van der Waals surface area contributed by atoms with Gasteiger partial charge in [0, 0.05) is 23.4 Å². The third-order valence-electron chi connectivity index (χ3n) is 1.80. The molecule has 0 fully saturated rings. The maximum atomic E-state index is 8.47. The van der Waals surface area contributed by atoms with E-state index < -0.39 is 0 Å². The molecule has 1 aromatic heterocycles. The first kappa shape index (κ1) is 12.9. The monoisotopic (exact) mass is 249 g/mol. The molecule has 0 unspecified atom stereocenters. The van der Waals surface area contributed by atoms with Crippen molar-refractivity contribution >= 4 is 22.9 Å². The normalized spacial score (nSPS) is 10.8. The fraction of sp³-hybridized carbons (Fsp3) is 0.600. The van der Waals surface area contributed by atoms with Crippen molar-refractivity contribution in [2.24, 2.45) is 0 Å². The number of hydrogen-bond donors (Lipinski definition) is 2. The maximum Gasteiger partial charge on any atom is 0.0697 e. The van der Waals surface area contributed by atoms with E-state index in [0.29, 0.717) is 13.2 Å². The van der Waals surface area contributed by atoms with Crippen LogP contribution in [0.3, 0.4) is 0 Å². The summed E-state index contributed by atoms with van der Waals surface area (Å²) in [5.41, 5.74) is 0. The molecule has 0 atom stereocenters. The lowest BCUT2D eigenvalue weighted by Gasteiger charge is -2.03. The Morgan fingerprint density at radius 2 is 2.33 bits per heavy atom. The summed E-state index contributed by atoms with van der Waals surface area (Å²) in [7, 11) is 0. The molecule has 0 aliphatic rings. The molecule has 1 heterocycles. The zero-order chi connectivity index (χ0) is 10.9. The Morgan fingerprint density at radius 3 is 3.00 bits per heavy atom. The SMILES string of the molecule is OCCOCCCNCc1cc(Cl)cs1. The number of halogens is 1. The highest BCUT2D eigenvalue weighted by Crippen LogP contribution is 2.18. The van der Waals surface area contributed by atoms with Gasteiger partial charge in [-0.15, -0.1) is 11.3 Å². The maximum absolute atomic E-state index is 8.47. The summed E-state index contributed by atoms with van der Waals surface area (Å²) in [6.45, 7) is 3.00. The van der Waals surface area contributed by atoms with E-state index in [4.69, 9.17) is 21.4 Å². The standard InChI is InChI=1S/C10H16ClNO2S/c11-9-6-10(15-8-9)7-12-2-1-4-14-5-3-13/h6,8,12-13H,1-5,7H2. The van der Waals surface area contributed by atoms with E-state index in [2.05, 4.69) is 5.32 Å². The first-order valence-corrected chi connectivity index (χ1v) is 6.21. The summed E-state index contributed by atoms with van der Waals surface area (Å²) >= 11 is 7.46. The van der Waals surface area contributed by atoms with Crippen LogP contribution in [0, 0.1) is 0 Å². The predicted octanol–water partition coefficient (Wildman–Crippen LogP) is 1.89. The molecule has 0 bridgehead atoms. The Morgan fingerprint density at radius 1 is 1.47 bits per heavy atom. The average molecular weight is 250 g/mol. The van der Waals surface area contributed by atoms with Gasteiger partial charge in [0.05, 0.1) is 18.2 Å². The molecule has 0 saturated heterocycles. The van der Waals surface area contributed by atoms with Crippen molar-refractivity contribution in [1.82, 2.24) is 5.32 Å². The fourth-order valence-corrected chi connectivity index (χ4v) is 2.17. The summed E-state index contributed by atoms with van der Waals surface area (Å²) in [6, 6.07) is 1.97. The average Bonchev–Trinajstić information content (AvgIpc) is 2.63. The number of hydrogen-bond acceptors (Lipinski definition) is 4. The van der Waals surface area contributed by atoms with E-state index >= 15 is 0 Å². The molecule has 15 heavy (non-hydrogen) atoms. The Hall–Kier alpha value is -0.130. The number of nitrogens with one attached hydrogen (secondary N) is 1. The van der Waals surface area contributed by atoms with Crippen LogP contribution in [0.4, 0.5) is 0 Å². The lowest BCUT2D eigenvalue weighted by Crippen LogP contribution is -2.16. The third-order valence-corrected chi connectivity index (χ3v) is 3.08. The lowest BCUT2D eigenvalue weighted by molar-refractivity contribution is 0.0907. The van der Waals surface area contributed by atoms with E-state index in [0.717, 1.165) is 24.5 Å². The van der Waals surface area contributed by atoms with Gasteiger partial charge in [-0.05, 0) is 19.0 Å². The molecular weight excluding hydrogens is 234 g/mol. The summed E-state index contributed by atoms with van der Waals surface area (Å²) in [6.07, 6.45) is 0.957. The van der Waals surface area contributed by atoms with Crippen LogP contribution in [0.25, 0.3) is 0 Å². The van der Waals surface area contributed by atoms with Gasteiger partial charge in [-0.1, -0.05) is 11.6 Å². The van der Waals surface area contributed by atoms with Crippen LogP contribution in [-0.2, 0) is 11.3 Å². The minimum atomic E-state index is 0.0983. The second-order valence-corrected chi connectivity index (χ2v) is 4.53. The molecular formula is C10H16ClNO2S. The molecule has 1 aromatic rings. The van der Waals surface area contributed by atoms with E-state index in [1.165, 1.54) is 4.88 Å². The minimum absolute atomic E-state index is 0.0983. The second kappa shape index (κ2) is 8.07. The Balaban J connectivity index is 1.93. The molecule has 3 nitrogen and oxygen atoms in total. The number of ether oxygens (including phenoxy) is 1. The van der Waals surface area contributed by atoms with Crippen LogP contribution >= 0.6 is 22.9 Å². The van der Waals surface area contributed by atoms with Crippen molar-refractivity contribution in [2.75, 3.05) is 26.4 Å². The highest BCUT2D eigenvalue weighted by molar-refractivity contribution is 7.10. The topological polar surface area (TPSA) is 41.5 Å². The summed E-state index contributed by atoms with van der Waals surface area (Å²) in [4.78, 5) is 1.25. The fourth-order valence-electron chi connectivity index (χ4n) is 1.12. The second-order valence-electron chi connectivity index (χ2n) is 3.10. The molecule has 0 amide bonds. The van der Waals surface area contributed by atoms with Crippen LogP contribution in [0.15, 0.2) is 11.4 Å². The smallest absolute Gasteiger partial charge is 0.0697 e. The van der Waals surface area contributed by atoms with Gasteiger partial charge in [0.1, 0.15) is 0 Å². The quantitative estimate of drug-likeness (QED) is 0.692. The van der Waals surface area contributed by atoms with Crippen LogP contribution in [0.5, 0.6) is 0 Å². The number of aliphatic hydroxyl groups is 1. The molecule has 1 rings (SSSR count). The van der Waals surface area contributed by atoms with Crippen molar-refractivity contribution in [3.8, 4) is 0 Å². The third kappa shape index (κ3) is 6.12. The zero-order valence-corrected chi connectivity index (χ0v) is 10.1. The first-order chi connectivity index (χ1) is 7.33. The molecule has 0 saturated carbocycles. The largest absolute Gasteiger partial charge is 0.394 e. The van der Waals surface area contributed by atoms with Gasteiger partial charge >= 0.3 is 0 Å². The van der Waals surface area contributed by atoms with Crippen LogP contribution in [0.1, 0.15) is 11.3 Å². The molecule has 0 aromatic carbocycles. The van der Waals surface area contributed by atoms with Gasteiger partial charge in [0.25, 0.3) is 0 Å². The zero-order valence-electron chi connectivity index (χ0n) is 8.54. The van der Waals surface area contributed by atoms with E-state index in [-0.39, 0.29) is 6.61 Å². The molecule has 0 radical (unpaired) electrons. The molecule has 0 aliphatic carbocycles. The highest BCUT2D eigenvalue weighted by atomic mass is 35.5. The predicted molar refractivity (Wildman–Crippen MR) is 63.6 cm³/mol. The number of thiophene rings is 1. The van der Waals surface area contributed by atoms with Crippen LogP contribution < -0.4 is 5.32 Å². The van der Waals surface area contributed by atoms with Gasteiger partial charge in [-0.25, -0.2) is 0 Å². The van der Waals surface area contributed by atoms with Crippen molar-refractivity contribution in [1.29, 1.82) is 0 Å². The molecule has 0 aliphatic heterocycles. The summed E-state index contributed by atoms with van der Waals surface area (Å²) < 4.78 is 5.13. The van der Waals surface area contributed by atoms with Crippen molar-refractivity contribution in [3.63, 3.8) is 0 Å². The number of aliphatic hydroxyl groups excluding tert-OH is 1. The van der Waals surface area contributed by atoms with Gasteiger partial charge in [0.15, 0.2) is 0 Å². The minimum Gasteiger partial charge on any atom is -0.394 e. The van der Waals surface area contributed by atoms with Crippen LogP contribution in [0.2, 0.25) is 5.02 Å². The van der Waals surface area contributed by atoms with E-state index in [1.807, 2.05) is 11.4 Å². The lowest BCUT2D eigenvalue weighted by atomic mass is 10.4. The molecule has 5 heteroatoms. The Labute approximate surface area is 99.0 Å². The van der Waals surface area contributed by atoms with Crippen molar-refractivity contribution in [2.45, 2.75) is 13.0 Å². The van der Waals surface area contributed by atoms with Gasteiger partial charge < -0.3 is 15.2 Å². The van der Waals surface area contributed by atoms with Gasteiger partial charge in [-0.3, -0.25) is 0 Å². The summed E-state index contributed by atoms with van der Waals surface area (Å²) in [5, 5.41) is 14.5. The van der Waals surface area contributed by atoms with Gasteiger partial charge in [0.2, 0.25) is 0 Å². The first-order valence-electron chi connectivity index (χ1n) is 4.95. The van der Waals surface area contributed by atoms with Crippen molar-refractivity contribution in [3.05, 3.63) is 21.3 Å².